The minimum absolute atomic E-state index is 0.135. The molecule has 0 radical (unpaired) electrons. The summed E-state index contributed by atoms with van der Waals surface area (Å²) in [6, 6.07) is 0. The fourth-order valence-corrected chi connectivity index (χ4v) is 13.7. The summed E-state index contributed by atoms with van der Waals surface area (Å²) in [5, 5.41) is 95.2. The van der Waals surface area contributed by atoms with Crippen molar-refractivity contribution in [2.24, 2.45) is 50.2 Å². The molecule has 0 spiro atoms. The van der Waals surface area contributed by atoms with Crippen molar-refractivity contribution in [1.29, 1.82) is 0 Å². The number of aliphatic hydroxyl groups is 9. The molecule has 2 saturated heterocycles. The van der Waals surface area contributed by atoms with Crippen LogP contribution in [0.15, 0.2) is 11.6 Å². The van der Waals surface area contributed by atoms with Gasteiger partial charge in [0.25, 0.3) is 0 Å². The van der Waals surface area contributed by atoms with Gasteiger partial charge in [-0.3, -0.25) is 4.79 Å². The van der Waals surface area contributed by atoms with E-state index in [9.17, 15) is 50.8 Å². The highest BCUT2D eigenvalue weighted by atomic mass is 16.7. The lowest BCUT2D eigenvalue weighted by atomic mass is 9.33. The molecular formula is C42H68O14. The van der Waals surface area contributed by atoms with Crippen LogP contribution in [0.2, 0.25) is 0 Å². The molecule has 6 fully saturated rings. The number of carbonyl (C=O) groups excluding carboxylic acids is 1. The lowest BCUT2D eigenvalue weighted by Crippen LogP contribution is -2.68. The number of aliphatic hydroxyl groups excluding tert-OH is 9. The van der Waals surface area contributed by atoms with Gasteiger partial charge in [0, 0.05) is 0 Å². The second-order valence-electron chi connectivity index (χ2n) is 20.8. The van der Waals surface area contributed by atoms with E-state index in [1.165, 1.54) is 5.57 Å². The molecule has 2 aliphatic heterocycles. The van der Waals surface area contributed by atoms with Gasteiger partial charge in [0.1, 0.15) is 54.2 Å². The van der Waals surface area contributed by atoms with Gasteiger partial charge in [-0.1, -0.05) is 60.1 Å². The van der Waals surface area contributed by atoms with Gasteiger partial charge in [-0.15, -0.1) is 0 Å². The van der Waals surface area contributed by atoms with Crippen molar-refractivity contribution < 1.29 is 69.7 Å². The Morgan fingerprint density at radius 2 is 1.30 bits per heavy atom. The maximum absolute atomic E-state index is 14.6. The average molecular weight is 797 g/mol. The summed E-state index contributed by atoms with van der Waals surface area (Å²) in [6.45, 7) is 14.6. The van der Waals surface area contributed by atoms with E-state index >= 15 is 0 Å². The van der Waals surface area contributed by atoms with Gasteiger partial charge in [0.05, 0.1) is 25.4 Å². The van der Waals surface area contributed by atoms with Crippen LogP contribution >= 0.6 is 0 Å². The smallest absolute Gasteiger partial charge is 0.317 e. The zero-order valence-corrected chi connectivity index (χ0v) is 34.1. The predicted octanol–water partition coefficient (Wildman–Crippen LogP) is 1.29. The topological polar surface area (TPSA) is 236 Å². The third kappa shape index (κ3) is 6.13. The monoisotopic (exact) mass is 796 g/mol. The van der Waals surface area contributed by atoms with Gasteiger partial charge in [0.15, 0.2) is 6.29 Å². The highest BCUT2D eigenvalue weighted by molar-refractivity contribution is 5.80. The first kappa shape index (κ1) is 42.8. The fraction of sp³-hybridized carbons (Fsp3) is 0.929. The fourth-order valence-electron chi connectivity index (χ4n) is 13.7. The number of rotatable bonds is 6. The van der Waals surface area contributed by atoms with Crippen LogP contribution in [-0.2, 0) is 23.7 Å². The molecule has 7 rings (SSSR count). The number of ether oxygens (including phenoxy) is 4. The van der Waals surface area contributed by atoms with Crippen LogP contribution in [-0.4, -0.2) is 139 Å². The first-order valence-electron chi connectivity index (χ1n) is 20.9. The zero-order chi connectivity index (χ0) is 41.1. The van der Waals surface area contributed by atoms with E-state index < -0.39 is 97.5 Å². The Bertz CT molecular complexity index is 1520. The summed E-state index contributed by atoms with van der Waals surface area (Å²) in [7, 11) is 0. The number of carbonyl (C=O) groups is 1. The van der Waals surface area contributed by atoms with Gasteiger partial charge in [-0.05, 0) is 103 Å². The molecule has 56 heavy (non-hydrogen) atoms. The highest BCUT2D eigenvalue weighted by Crippen LogP contribution is 2.76. The molecule has 2 heterocycles. The van der Waals surface area contributed by atoms with Gasteiger partial charge < -0.3 is 64.9 Å². The Morgan fingerprint density at radius 3 is 1.91 bits per heavy atom. The standard InChI is InChI=1S/C42H68O14/c1-37(2)14-15-42(36(52)56-35-33(51)31(49)29(47)23(19-44)54-35)21(16-37)20-8-9-25-39(5)12-11-27(55-34-32(50)30(48)28(46)22(18-43)53-34)38(3,4)24(39)10-13-40(25,6)41(20,7)17-26(42)45/h8,21-35,43-51H,9-19H2,1-7H3/t21?,22?,23?,24?,25?,26?,27?,28?,29?,30?,31?,32?,33?,34?,35?,39-,40+,41+,42+/m0/s1. The summed E-state index contributed by atoms with van der Waals surface area (Å²) in [6.07, 6.45) is -7.67. The Labute approximate surface area is 330 Å². The average Bonchev–Trinajstić information content (AvgIpc) is 3.13. The third-order valence-corrected chi connectivity index (χ3v) is 17.2. The molecule has 14 nitrogen and oxygen atoms in total. The zero-order valence-electron chi connectivity index (χ0n) is 34.1. The quantitative estimate of drug-likeness (QED) is 0.105. The van der Waals surface area contributed by atoms with Gasteiger partial charge in [-0.2, -0.15) is 0 Å². The van der Waals surface area contributed by atoms with Gasteiger partial charge >= 0.3 is 5.97 Å². The van der Waals surface area contributed by atoms with Crippen LogP contribution in [0.25, 0.3) is 0 Å². The van der Waals surface area contributed by atoms with E-state index in [-0.39, 0.29) is 45.5 Å². The van der Waals surface area contributed by atoms with Crippen LogP contribution in [0, 0.1) is 50.2 Å². The van der Waals surface area contributed by atoms with Crippen molar-refractivity contribution in [3.8, 4) is 0 Å². The Kier molecular flexibility index (Phi) is 11.0. The Hall–Kier alpha value is -1.27. The highest BCUT2D eigenvalue weighted by Gasteiger charge is 2.72. The van der Waals surface area contributed by atoms with Gasteiger partial charge in [-0.25, -0.2) is 0 Å². The number of esters is 1. The second kappa shape index (κ2) is 14.4. The molecule has 0 aromatic heterocycles. The Balaban J connectivity index is 1.18. The van der Waals surface area contributed by atoms with Crippen molar-refractivity contribution in [1.82, 2.24) is 0 Å². The summed E-state index contributed by atoms with van der Waals surface area (Å²) in [5.74, 6) is -0.627. The van der Waals surface area contributed by atoms with Crippen molar-refractivity contribution >= 4 is 5.97 Å². The molecular weight excluding hydrogens is 728 g/mol. The molecule has 19 atom stereocenters. The molecule has 15 unspecified atom stereocenters. The summed E-state index contributed by atoms with van der Waals surface area (Å²) in [5.41, 5.74) is -1.53. The minimum atomic E-state index is -1.75. The largest absolute Gasteiger partial charge is 0.432 e. The number of hydrogen-bond acceptors (Lipinski definition) is 14. The van der Waals surface area contributed by atoms with E-state index in [1.807, 2.05) is 0 Å². The second-order valence-corrected chi connectivity index (χ2v) is 20.8. The molecule has 5 aliphatic carbocycles. The summed E-state index contributed by atoms with van der Waals surface area (Å²) in [4.78, 5) is 14.6. The van der Waals surface area contributed by atoms with Crippen LogP contribution in [0.4, 0.5) is 0 Å². The minimum Gasteiger partial charge on any atom is -0.432 e. The van der Waals surface area contributed by atoms with Crippen LogP contribution in [0.1, 0.15) is 106 Å². The van der Waals surface area contributed by atoms with E-state index in [4.69, 9.17) is 18.9 Å². The Morgan fingerprint density at radius 1 is 0.714 bits per heavy atom. The first-order chi connectivity index (χ1) is 26.0. The van der Waals surface area contributed by atoms with Crippen LogP contribution in [0.5, 0.6) is 0 Å². The van der Waals surface area contributed by atoms with Crippen LogP contribution < -0.4 is 0 Å². The van der Waals surface area contributed by atoms with E-state index in [2.05, 4.69) is 54.5 Å². The first-order valence-corrected chi connectivity index (χ1v) is 20.9. The molecule has 9 N–H and O–H groups in total. The lowest BCUT2D eigenvalue weighted by molar-refractivity contribution is -0.330. The van der Waals surface area contributed by atoms with E-state index in [0.29, 0.717) is 32.1 Å². The third-order valence-electron chi connectivity index (χ3n) is 17.2. The molecule has 14 heteroatoms. The molecule has 4 saturated carbocycles. The molecule has 0 aromatic carbocycles. The molecule has 7 aliphatic rings. The van der Waals surface area contributed by atoms with Crippen molar-refractivity contribution in [2.75, 3.05) is 13.2 Å². The van der Waals surface area contributed by atoms with Crippen LogP contribution in [0.3, 0.4) is 0 Å². The molecule has 320 valence electrons. The van der Waals surface area contributed by atoms with E-state index in [1.54, 1.807) is 0 Å². The maximum atomic E-state index is 14.6. The van der Waals surface area contributed by atoms with Crippen molar-refractivity contribution in [3.63, 3.8) is 0 Å². The van der Waals surface area contributed by atoms with Crippen molar-refractivity contribution in [2.45, 2.75) is 180 Å². The molecule has 0 bridgehead atoms. The van der Waals surface area contributed by atoms with E-state index in [0.717, 1.165) is 25.7 Å². The number of hydrogen-bond donors (Lipinski definition) is 9. The summed E-state index contributed by atoms with van der Waals surface area (Å²) < 4.78 is 23.7. The molecule has 0 amide bonds. The molecule has 0 aromatic rings. The normalized spacial score (nSPS) is 53.7. The van der Waals surface area contributed by atoms with Crippen molar-refractivity contribution in [3.05, 3.63) is 11.6 Å². The van der Waals surface area contributed by atoms with Gasteiger partial charge in [0.2, 0.25) is 6.29 Å². The predicted molar refractivity (Wildman–Crippen MR) is 199 cm³/mol. The maximum Gasteiger partial charge on any atom is 0.317 e. The number of fused-ring (bicyclic) bond motifs is 7. The number of allylic oxidation sites excluding steroid dienone is 2. The lowest BCUT2D eigenvalue weighted by Gasteiger charge is -2.71. The SMILES string of the molecule is CC1(C)CC[C@]2(C(=O)OC3OC(CO)C(O)C(O)C3O)C(O)C[C@]3(C)C(=CCC4[C@@]5(C)CCC(OC6OC(CO)C(O)C(O)C6O)C(C)(C)C5CC[C@]43C)C2C1. The summed E-state index contributed by atoms with van der Waals surface area (Å²) >= 11 is 0.